The number of thiophene rings is 1. The summed E-state index contributed by atoms with van der Waals surface area (Å²) in [4.78, 5) is 0.851. The maximum atomic E-state index is 11.5. The molecule has 9 heteroatoms. The van der Waals surface area contributed by atoms with Crippen molar-refractivity contribution in [3.8, 4) is 10.8 Å². The van der Waals surface area contributed by atoms with Crippen LogP contribution in [0.5, 0.6) is 0 Å². The van der Waals surface area contributed by atoms with Crippen LogP contribution in [0.3, 0.4) is 0 Å². The highest BCUT2D eigenvalue weighted by Gasteiger charge is 2.15. The maximum Gasteiger partial charge on any atom is 0.279 e. The summed E-state index contributed by atoms with van der Waals surface area (Å²) in [5.74, 6) is 0.618. The Morgan fingerprint density at radius 2 is 2.22 bits per heavy atom. The lowest BCUT2D eigenvalue weighted by Gasteiger charge is -2.10. The Kier molecular flexibility index (Phi) is 3.76. The van der Waals surface area contributed by atoms with Crippen molar-refractivity contribution >= 4 is 21.5 Å². The van der Waals surface area contributed by atoms with Gasteiger partial charge in [-0.05, 0) is 11.4 Å². The van der Waals surface area contributed by atoms with Crippen LogP contribution < -0.4 is 4.72 Å². The van der Waals surface area contributed by atoms with Crippen LogP contribution in [0.4, 0.5) is 0 Å². The van der Waals surface area contributed by atoms with Gasteiger partial charge in [-0.25, -0.2) is 0 Å². The van der Waals surface area contributed by atoms with Crippen molar-refractivity contribution in [3.05, 3.63) is 23.4 Å². The van der Waals surface area contributed by atoms with Crippen molar-refractivity contribution in [2.45, 2.75) is 6.54 Å². The van der Waals surface area contributed by atoms with E-state index in [0.717, 1.165) is 9.18 Å². The second-order valence-electron chi connectivity index (χ2n) is 3.59. The summed E-state index contributed by atoms with van der Waals surface area (Å²) in [7, 11) is -0.607. The molecule has 2 rings (SSSR count). The van der Waals surface area contributed by atoms with Gasteiger partial charge in [0, 0.05) is 14.1 Å². The molecule has 0 saturated carbocycles. The number of nitrogens with zero attached hydrogens (tertiary/aromatic N) is 3. The Morgan fingerprint density at radius 1 is 1.44 bits per heavy atom. The van der Waals surface area contributed by atoms with Crippen molar-refractivity contribution in [2.75, 3.05) is 14.1 Å². The van der Waals surface area contributed by atoms with Gasteiger partial charge >= 0.3 is 0 Å². The minimum Gasteiger partial charge on any atom is -0.418 e. The Labute approximate surface area is 109 Å². The van der Waals surface area contributed by atoms with Gasteiger partial charge in [0.2, 0.25) is 5.89 Å². The largest absolute Gasteiger partial charge is 0.418 e. The van der Waals surface area contributed by atoms with Gasteiger partial charge in [0.15, 0.2) is 0 Å². The highest BCUT2D eigenvalue weighted by molar-refractivity contribution is 7.87. The summed E-state index contributed by atoms with van der Waals surface area (Å²) in [5, 5.41) is 9.53. The molecule has 0 radical (unpaired) electrons. The summed E-state index contributed by atoms with van der Waals surface area (Å²) < 4.78 is 31.7. The van der Waals surface area contributed by atoms with Gasteiger partial charge in [-0.15, -0.1) is 21.5 Å². The van der Waals surface area contributed by atoms with Crippen molar-refractivity contribution in [2.24, 2.45) is 0 Å². The van der Waals surface area contributed by atoms with Crippen LogP contribution >= 0.6 is 11.3 Å². The molecule has 0 bridgehead atoms. The first-order chi connectivity index (χ1) is 8.49. The standard InChI is InChI=1S/C9H12N4O3S2/c1-13(2)18(14,15)10-6-8-11-12-9(16-8)7-4-3-5-17-7/h3-5,10H,6H2,1-2H3. The summed E-state index contributed by atoms with van der Waals surface area (Å²) >= 11 is 1.47. The van der Waals surface area contributed by atoms with Gasteiger partial charge in [0.25, 0.3) is 16.1 Å². The monoisotopic (exact) mass is 288 g/mol. The van der Waals surface area contributed by atoms with Crippen molar-refractivity contribution in [1.29, 1.82) is 0 Å². The zero-order chi connectivity index (χ0) is 13.2. The third kappa shape index (κ3) is 2.93. The predicted molar refractivity (Wildman–Crippen MR) is 67.1 cm³/mol. The lowest BCUT2D eigenvalue weighted by atomic mass is 10.5. The van der Waals surface area contributed by atoms with Crippen molar-refractivity contribution in [3.63, 3.8) is 0 Å². The molecule has 2 heterocycles. The smallest absolute Gasteiger partial charge is 0.279 e. The molecule has 0 fully saturated rings. The first-order valence-corrected chi connectivity index (χ1v) is 7.34. The predicted octanol–water partition coefficient (Wildman–Crippen LogP) is 0.694. The third-order valence-corrected chi connectivity index (χ3v) is 4.41. The molecule has 0 aromatic carbocycles. The Bertz CT molecular complexity index is 604. The van der Waals surface area contributed by atoms with Gasteiger partial charge in [-0.1, -0.05) is 6.07 Å². The molecule has 0 saturated heterocycles. The van der Waals surface area contributed by atoms with Gasteiger partial charge < -0.3 is 4.42 Å². The summed E-state index contributed by atoms with van der Waals surface area (Å²) in [6, 6.07) is 3.73. The van der Waals surface area contributed by atoms with Crippen molar-refractivity contribution < 1.29 is 12.8 Å². The van der Waals surface area contributed by atoms with Crippen molar-refractivity contribution in [1.82, 2.24) is 19.2 Å². The third-order valence-electron chi connectivity index (χ3n) is 2.09. The SMILES string of the molecule is CN(C)S(=O)(=O)NCc1nnc(-c2cccs2)o1. The number of nitrogens with one attached hydrogen (secondary N) is 1. The number of hydrogen-bond acceptors (Lipinski definition) is 6. The molecule has 0 unspecified atom stereocenters. The van der Waals surface area contributed by atoms with Crippen LogP contribution in [0.1, 0.15) is 5.89 Å². The van der Waals surface area contributed by atoms with Gasteiger partial charge in [0.1, 0.15) is 0 Å². The van der Waals surface area contributed by atoms with Gasteiger partial charge in [0.05, 0.1) is 11.4 Å². The van der Waals surface area contributed by atoms with E-state index in [1.807, 2.05) is 17.5 Å². The van der Waals surface area contributed by atoms with E-state index in [1.165, 1.54) is 25.4 Å². The normalized spacial score (nSPS) is 12.2. The molecule has 7 nitrogen and oxygen atoms in total. The molecule has 0 aliphatic heterocycles. The fourth-order valence-corrected chi connectivity index (χ4v) is 2.32. The minimum atomic E-state index is -3.48. The summed E-state index contributed by atoms with van der Waals surface area (Å²) in [6.45, 7) is -0.0289. The first-order valence-electron chi connectivity index (χ1n) is 5.02. The molecule has 0 spiro atoms. The van der Waals surface area contributed by atoms with Gasteiger partial charge in [-0.2, -0.15) is 17.4 Å². The molecule has 98 valence electrons. The number of rotatable bonds is 5. The van der Waals surface area contributed by atoms with E-state index in [9.17, 15) is 8.42 Å². The minimum absolute atomic E-state index is 0.0289. The van der Waals surface area contributed by atoms with Crippen LogP contribution in [0.15, 0.2) is 21.9 Å². The molecule has 0 amide bonds. The van der Waals surface area contributed by atoms with Crippen LogP contribution in [0, 0.1) is 0 Å². The van der Waals surface area contributed by atoms with E-state index in [4.69, 9.17) is 4.42 Å². The second-order valence-corrected chi connectivity index (χ2v) is 6.50. The molecule has 18 heavy (non-hydrogen) atoms. The summed E-state index contributed by atoms with van der Waals surface area (Å²) in [5.41, 5.74) is 0. The number of aromatic nitrogens is 2. The zero-order valence-electron chi connectivity index (χ0n) is 9.82. The van der Waals surface area contributed by atoms with E-state index >= 15 is 0 Å². The molecule has 2 aromatic heterocycles. The topological polar surface area (TPSA) is 88.3 Å². The zero-order valence-corrected chi connectivity index (χ0v) is 11.5. The van der Waals surface area contributed by atoms with Crippen LogP contribution in [0.2, 0.25) is 0 Å². The van der Waals surface area contributed by atoms with E-state index < -0.39 is 10.2 Å². The fourth-order valence-electron chi connectivity index (χ4n) is 1.11. The number of hydrogen-bond donors (Lipinski definition) is 1. The van der Waals surface area contributed by atoms with E-state index in [1.54, 1.807) is 0 Å². The van der Waals surface area contributed by atoms with Crippen LogP contribution in [-0.2, 0) is 16.8 Å². The molecule has 1 N–H and O–H groups in total. The van der Waals surface area contributed by atoms with Crippen LogP contribution in [0.25, 0.3) is 10.8 Å². The lowest BCUT2D eigenvalue weighted by Crippen LogP contribution is -2.35. The molecular weight excluding hydrogens is 276 g/mol. The van der Waals surface area contributed by atoms with E-state index in [2.05, 4.69) is 14.9 Å². The average molecular weight is 288 g/mol. The fraction of sp³-hybridized carbons (Fsp3) is 0.333. The molecule has 0 aliphatic rings. The molecular formula is C9H12N4O3S2. The lowest BCUT2D eigenvalue weighted by molar-refractivity contribution is 0.475. The molecule has 0 aliphatic carbocycles. The Balaban J connectivity index is 2.04. The van der Waals surface area contributed by atoms with E-state index in [-0.39, 0.29) is 12.4 Å². The quantitative estimate of drug-likeness (QED) is 0.874. The summed E-state index contributed by atoms with van der Waals surface area (Å²) in [6.07, 6.45) is 0. The first kappa shape index (κ1) is 13.1. The van der Waals surface area contributed by atoms with Crippen LogP contribution in [-0.4, -0.2) is 37.0 Å². The van der Waals surface area contributed by atoms with Gasteiger partial charge in [-0.3, -0.25) is 0 Å². The highest BCUT2D eigenvalue weighted by atomic mass is 32.2. The van der Waals surface area contributed by atoms with E-state index in [0.29, 0.717) is 5.89 Å². The second kappa shape index (κ2) is 5.14. The molecule has 2 aromatic rings. The Morgan fingerprint density at radius 3 is 2.83 bits per heavy atom. The Hall–Kier alpha value is -1.29. The average Bonchev–Trinajstić information content (AvgIpc) is 2.97. The maximum absolute atomic E-state index is 11.5. The molecule has 0 atom stereocenters. The highest BCUT2D eigenvalue weighted by Crippen LogP contribution is 2.22.